The summed E-state index contributed by atoms with van der Waals surface area (Å²) < 4.78 is 13.7. The monoisotopic (exact) mass is 231 g/mol. The summed E-state index contributed by atoms with van der Waals surface area (Å²) >= 11 is 0. The Bertz CT molecular complexity index is 526. The summed E-state index contributed by atoms with van der Waals surface area (Å²) in [6.07, 6.45) is 3.19. The molecule has 0 saturated heterocycles. The lowest BCUT2D eigenvalue weighted by atomic mass is 10.1. The topological polar surface area (TPSA) is 37.8 Å². The molecular formula is C13H14FN3. The molecule has 0 saturated carbocycles. The highest BCUT2D eigenvalue weighted by atomic mass is 19.1. The van der Waals surface area contributed by atoms with E-state index in [1.54, 1.807) is 24.5 Å². The maximum absolute atomic E-state index is 13.7. The van der Waals surface area contributed by atoms with Gasteiger partial charge in [-0.3, -0.25) is 4.98 Å². The summed E-state index contributed by atoms with van der Waals surface area (Å²) in [6, 6.07) is 4.96. The van der Waals surface area contributed by atoms with E-state index < -0.39 is 0 Å². The Kier molecular flexibility index (Phi) is 3.32. The highest BCUT2D eigenvalue weighted by Gasteiger charge is 2.07. The van der Waals surface area contributed by atoms with Crippen molar-refractivity contribution >= 4 is 5.82 Å². The number of nitrogens with one attached hydrogen (secondary N) is 1. The third-order valence-corrected chi connectivity index (χ3v) is 2.39. The second kappa shape index (κ2) is 4.91. The summed E-state index contributed by atoms with van der Waals surface area (Å²) in [7, 11) is 0. The summed E-state index contributed by atoms with van der Waals surface area (Å²) in [4.78, 5) is 8.38. The van der Waals surface area contributed by atoms with Gasteiger partial charge in [0.1, 0.15) is 11.6 Å². The quantitative estimate of drug-likeness (QED) is 0.882. The molecule has 0 atom stereocenters. The van der Waals surface area contributed by atoms with E-state index in [0.717, 1.165) is 12.1 Å². The zero-order valence-corrected chi connectivity index (χ0v) is 9.87. The van der Waals surface area contributed by atoms with Crippen molar-refractivity contribution in [3.63, 3.8) is 0 Å². The summed E-state index contributed by atoms with van der Waals surface area (Å²) in [5.74, 6) is 0.379. The van der Waals surface area contributed by atoms with Gasteiger partial charge in [0.15, 0.2) is 0 Å². The van der Waals surface area contributed by atoms with Gasteiger partial charge in [-0.1, -0.05) is 11.6 Å². The van der Waals surface area contributed by atoms with Gasteiger partial charge in [-0.25, -0.2) is 9.37 Å². The van der Waals surface area contributed by atoms with Crippen molar-refractivity contribution in [3.8, 4) is 11.3 Å². The van der Waals surface area contributed by atoms with Crippen LogP contribution < -0.4 is 5.32 Å². The average Bonchev–Trinajstić information content (AvgIpc) is 2.33. The largest absolute Gasteiger partial charge is 0.369 e. The maximum atomic E-state index is 13.7. The molecule has 3 nitrogen and oxygen atoms in total. The molecule has 0 aliphatic rings. The second-order valence-electron chi connectivity index (χ2n) is 3.80. The third-order valence-electron chi connectivity index (χ3n) is 2.39. The minimum Gasteiger partial charge on any atom is -0.369 e. The zero-order valence-electron chi connectivity index (χ0n) is 9.87. The van der Waals surface area contributed by atoms with Crippen LogP contribution in [0.2, 0.25) is 0 Å². The number of aryl methyl sites for hydroxylation is 1. The van der Waals surface area contributed by atoms with Crippen molar-refractivity contribution in [1.82, 2.24) is 9.97 Å². The fourth-order valence-corrected chi connectivity index (χ4v) is 1.60. The summed E-state index contributed by atoms with van der Waals surface area (Å²) in [6.45, 7) is 4.65. The number of halogens is 1. The van der Waals surface area contributed by atoms with Gasteiger partial charge in [0.25, 0.3) is 0 Å². The van der Waals surface area contributed by atoms with E-state index in [1.807, 2.05) is 13.8 Å². The van der Waals surface area contributed by atoms with E-state index in [2.05, 4.69) is 15.3 Å². The number of hydrogen-bond donors (Lipinski definition) is 1. The van der Waals surface area contributed by atoms with Gasteiger partial charge in [0.05, 0.1) is 18.1 Å². The van der Waals surface area contributed by atoms with E-state index in [9.17, 15) is 4.39 Å². The Morgan fingerprint density at radius 3 is 2.88 bits per heavy atom. The van der Waals surface area contributed by atoms with Crippen LogP contribution in [0.1, 0.15) is 12.5 Å². The maximum Gasteiger partial charge on any atom is 0.145 e. The molecule has 0 aliphatic heterocycles. The molecule has 2 rings (SSSR count). The fraction of sp³-hybridized carbons (Fsp3) is 0.231. The summed E-state index contributed by atoms with van der Waals surface area (Å²) in [5, 5.41) is 3.06. The molecule has 0 fully saturated rings. The number of anilines is 1. The van der Waals surface area contributed by atoms with Crippen LogP contribution in [0.25, 0.3) is 11.3 Å². The minimum atomic E-state index is -0.279. The Morgan fingerprint density at radius 1 is 1.29 bits per heavy atom. The molecule has 1 heterocycles. The van der Waals surface area contributed by atoms with E-state index in [1.165, 1.54) is 6.07 Å². The Balaban J connectivity index is 2.45. The number of rotatable bonds is 3. The van der Waals surface area contributed by atoms with Crippen LogP contribution in [0.4, 0.5) is 10.2 Å². The first-order valence-electron chi connectivity index (χ1n) is 5.53. The molecule has 1 N–H and O–H groups in total. The number of hydrogen-bond acceptors (Lipinski definition) is 3. The number of nitrogens with zero attached hydrogens (tertiary/aromatic N) is 2. The van der Waals surface area contributed by atoms with Crippen LogP contribution in [0.5, 0.6) is 0 Å². The molecule has 0 radical (unpaired) electrons. The van der Waals surface area contributed by atoms with E-state index >= 15 is 0 Å². The van der Waals surface area contributed by atoms with Crippen molar-refractivity contribution in [2.45, 2.75) is 13.8 Å². The third kappa shape index (κ3) is 2.58. The minimum absolute atomic E-state index is 0.279. The van der Waals surface area contributed by atoms with Crippen molar-refractivity contribution in [2.75, 3.05) is 11.9 Å². The van der Waals surface area contributed by atoms with Crippen molar-refractivity contribution in [1.29, 1.82) is 0 Å². The van der Waals surface area contributed by atoms with Crippen LogP contribution in [-0.4, -0.2) is 16.5 Å². The van der Waals surface area contributed by atoms with Gasteiger partial charge in [0, 0.05) is 12.1 Å². The van der Waals surface area contributed by atoms with Gasteiger partial charge in [-0.05, 0) is 26.0 Å². The molecule has 17 heavy (non-hydrogen) atoms. The van der Waals surface area contributed by atoms with Crippen LogP contribution in [0.15, 0.2) is 30.6 Å². The van der Waals surface area contributed by atoms with Crippen molar-refractivity contribution in [3.05, 3.63) is 42.0 Å². The van der Waals surface area contributed by atoms with Gasteiger partial charge in [-0.15, -0.1) is 0 Å². The molecule has 0 amide bonds. The van der Waals surface area contributed by atoms with Crippen LogP contribution in [0.3, 0.4) is 0 Å². The molecule has 0 aliphatic carbocycles. The van der Waals surface area contributed by atoms with Crippen LogP contribution in [0, 0.1) is 12.7 Å². The molecule has 0 unspecified atom stereocenters. The normalized spacial score (nSPS) is 10.3. The lowest BCUT2D eigenvalue weighted by Gasteiger charge is -2.06. The highest BCUT2D eigenvalue weighted by Crippen LogP contribution is 2.22. The van der Waals surface area contributed by atoms with Crippen LogP contribution >= 0.6 is 0 Å². The molecule has 0 spiro atoms. The smallest absolute Gasteiger partial charge is 0.145 e. The molecule has 1 aromatic heterocycles. The average molecular weight is 231 g/mol. The van der Waals surface area contributed by atoms with E-state index in [0.29, 0.717) is 17.1 Å². The van der Waals surface area contributed by atoms with Crippen molar-refractivity contribution < 1.29 is 4.39 Å². The standard InChI is InChI=1S/C13H14FN3/c1-3-16-13-8-15-7-12(17-13)10-6-9(2)4-5-11(10)14/h4-8H,3H2,1-2H3,(H,16,17). The predicted octanol–water partition coefficient (Wildman–Crippen LogP) is 3.02. The summed E-state index contributed by atoms with van der Waals surface area (Å²) in [5.41, 5.74) is 2.03. The van der Waals surface area contributed by atoms with Gasteiger partial charge < -0.3 is 5.32 Å². The van der Waals surface area contributed by atoms with E-state index in [-0.39, 0.29) is 5.82 Å². The predicted molar refractivity (Wildman–Crippen MR) is 66.3 cm³/mol. The van der Waals surface area contributed by atoms with E-state index in [4.69, 9.17) is 0 Å². The molecular weight excluding hydrogens is 217 g/mol. The van der Waals surface area contributed by atoms with Gasteiger partial charge in [0.2, 0.25) is 0 Å². The Morgan fingerprint density at radius 2 is 2.12 bits per heavy atom. The Hall–Kier alpha value is -1.97. The SMILES string of the molecule is CCNc1cncc(-c2cc(C)ccc2F)n1. The lowest BCUT2D eigenvalue weighted by Crippen LogP contribution is -2.01. The van der Waals surface area contributed by atoms with Crippen LogP contribution in [-0.2, 0) is 0 Å². The first-order valence-corrected chi connectivity index (χ1v) is 5.53. The first-order chi connectivity index (χ1) is 8.20. The number of benzene rings is 1. The molecule has 2 aromatic rings. The molecule has 4 heteroatoms. The number of aromatic nitrogens is 2. The van der Waals surface area contributed by atoms with Crippen molar-refractivity contribution in [2.24, 2.45) is 0 Å². The zero-order chi connectivity index (χ0) is 12.3. The fourth-order valence-electron chi connectivity index (χ4n) is 1.60. The van der Waals surface area contributed by atoms with Gasteiger partial charge in [-0.2, -0.15) is 0 Å². The van der Waals surface area contributed by atoms with Gasteiger partial charge >= 0.3 is 0 Å². The second-order valence-corrected chi connectivity index (χ2v) is 3.80. The molecule has 0 bridgehead atoms. The Labute approximate surface area is 99.7 Å². The lowest BCUT2D eigenvalue weighted by molar-refractivity contribution is 0.630. The molecule has 88 valence electrons. The molecule has 1 aromatic carbocycles. The first kappa shape index (κ1) is 11.5. The highest BCUT2D eigenvalue weighted by molar-refractivity contribution is 5.61.